The van der Waals surface area contributed by atoms with Crippen molar-refractivity contribution in [2.24, 2.45) is 0 Å². The molecule has 1 N–H and O–H groups in total. The Morgan fingerprint density at radius 1 is 1.25 bits per heavy atom. The standard InChI is InChI=1S/C17H31N3/c1-6-7-8-9-10-13-20-16(5)17(15(4)19-20)11-12-18-14(2)3/h6,14,18H,1,7-13H2,2-5H3. The van der Waals surface area contributed by atoms with Crippen molar-refractivity contribution in [3.8, 4) is 0 Å². The summed E-state index contributed by atoms with van der Waals surface area (Å²) in [6, 6.07) is 0.551. The summed E-state index contributed by atoms with van der Waals surface area (Å²) in [4.78, 5) is 0. The normalized spacial score (nSPS) is 11.2. The minimum atomic E-state index is 0.551. The molecule has 3 heteroatoms. The van der Waals surface area contributed by atoms with Gasteiger partial charge in [0.25, 0.3) is 0 Å². The molecule has 0 spiro atoms. The van der Waals surface area contributed by atoms with Gasteiger partial charge in [0.05, 0.1) is 5.69 Å². The van der Waals surface area contributed by atoms with Crippen molar-refractivity contribution in [2.45, 2.75) is 72.4 Å². The van der Waals surface area contributed by atoms with Gasteiger partial charge in [-0.25, -0.2) is 0 Å². The zero-order valence-corrected chi connectivity index (χ0v) is 13.7. The monoisotopic (exact) mass is 277 g/mol. The summed E-state index contributed by atoms with van der Waals surface area (Å²) in [5.41, 5.74) is 3.96. The lowest BCUT2D eigenvalue weighted by molar-refractivity contribution is 0.532. The lowest BCUT2D eigenvalue weighted by Gasteiger charge is -2.08. The largest absolute Gasteiger partial charge is 0.314 e. The molecule has 0 amide bonds. The van der Waals surface area contributed by atoms with Crippen LogP contribution in [-0.2, 0) is 13.0 Å². The van der Waals surface area contributed by atoms with Crippen LogP contribution in [0.2, 0.25) is 0 Å². The van der Waals surface area contributed by atoms with Crippen LogP contribution >= 0.6 is 0 Å². The predicted molar refractivity (Wildman–Crippen MR) is 87.2 cm³/mol. The minimum absolute atomic E-state index is 0.551. The molecule has 20 heavy (non-hydrogen) atoms. The molecule has 0 aliphatic carbocycles. The summed E-state index contributed by atoms with van der Waals surface area (Å²) in [5.74, 6) is 0. The van der Waals surface area contributed by atoms with E-state index in [1.807, 2.05) is 6.08 Å². The molecule has 1 heterocycles. The smallest absolute Gasteiger partial charge is 0.0628 e. The molecular weight excluding hydrogens is 246 g/mol. The molecule has 0 saturated heterocycles. The first-order valence-corrected chi connectivity index (χ1v) is 7.93. The van der Waals surface area contributed by atoms with E-state index in [1.54, 1.807) is 0 Å². The molecule has 1 rings (SSSR count). The number of hydrogen-bond acceptors (Lipinski definition) is 2. The summed E-state index contributed by atoms with van der Waals surface area (Å²) in [6.45, 7) is 14.5. The average Bonchev–Trinajstić information content (AvgIpc) is 2.65. The van der Waals surface area contributed by atoms with Gasteiger partial charge in [-0.3, -0.25) is 4.68 Å². The zero-order valence-electron chi connectivity index (χ0n) is 13.7. The number of nitrogens with zero attached hydrogens (tertiary/aromatic N) is 2. The van der Waals surface area contributed by atoms with E-state index in [4.69, 9.17) is 5.10 Å². The van der Waals surface area contributed by atoms with E-state index < -0.39 is 0 Å². The number of aromatic nitrogens is 2. The third-order valence-corrected chi connectivity index (χ3v) is 3.74. The van der Waals surface area contributed by atoms with E-state index in [1.165, 1.54) is 36.2 Å². The van der Waals surface area contributed by atoms with Crippen LogP contribution in [0.5, 0.6) is 0 Å². The van der Waals surface area contributed by atoms with E-state index >= 15 is 0 Å². The van der Waals surface area contributed by atoms with Crippen LogP contribution < -0.4 is 5.32 Å². The van der Waals surface area contributed by atoms with Gasteiger partial charge < -0.3 is 5.32 Å². The first-order chi connectivity index (χ1) is 9.56. The van der Waals surface area contributed by atoms with E-state index in [0.29, 0.717) is 6.04 Å². The molecule has 0 aromatic carbocycles. The molecule has 0 atom stereocenters. The fourth-order valence-electron chi connectivity index (χ4n) is 2.53. The molecular formula is C17H31N3. The minimum Gasteiger partial charge on any atom is -0.314 e. The van der Waals surface area contributed by atoms with Gasteiger partial charge in [0.2, 0.25) is 0 Å². The van der Waals surface area contributed by atoms with Gasteiger partial charge in [-0.2, -0.15) is 5.10 Å². The molecule has 3 nitrogen and oxygen atoms in total. The molecule has 0 radical (unpaired) electrons. The Kier molecular flexibility index (Phi) is 7.60. The fraction of sp³-hybridized carbons (Fsp3) is 0.706. The van der Waals surface area contributed by atoms with Gasteiger partial charge in [-0.1, -0.05) is 26.3 Å². The second kappa shape index (κ2) is 8.96. The predicted octanol–water partition coefficient (Wildman–Crippen LogP) is 3.79. The van der Waals surface area contributed by atoms with Crippen molar-refractivity contribution in [3.63, 3.8) is 0 Å². The van der Waals surface area contributed by atoms with Crippen molar-refractivity contribution in [1.82, 2.24) is 15.1 Å². The Morgan fingerprint density at radius 2 is 2.00 bits per heavy atom. The number of allylic oxidation sites excluding steroid dienone is 1. The van der Waals surface area contributed by atoms with Gasteiger partial charge in [0.15, 0.2) is 0 Å². The second-order valence-electron chi connectivity index (χ2n) is 5.87. The van der Waals surface area contributed by atoms with Crippen molar-refractivity contribution < 1.29 is 0 Å². The first kappa shape index (κ1) is 17.0. The summed E-state index contributed by atoms with van der Waals surface area (Å²) >= 11 is 0. The Hall–Kier alpha value is -1.09. The van der Waals surface area contributed by atoms with Crippen molar-refractivity contribution >= 4 is 0 Å². The Balaban J connectivity index is 2.46. The molecule has 0 fully saturated rings. The third kappa shape index (κ3) is 5.49. The average molecular weight is 277 g/mol. The lowest BCUT2D eigenvalue weighted by Crippen LogP contribution is -2.25. The van der Waals surface area contributed by atoms with E-state index in [-0.39, 0.29) is 0 Å². The van der Waals surface area contributed by atoms with Gasteiger partial charge in [0, 0.05) is 18.3 Å². The molecule has 0 unspecified atom stereocenters. The molecule has 1 aromatic heterocycles. The Labute approximate surface area is 124 Å². The van der Waals surface area contributed by atoms with Gasteiger partial charge in [-0.05, 0) is 51.6 Å². The van der Waals surface area contributed by atoms with E-state index in [2.05, 4.69) is 44.3 Å². The summed E-state index contributed by atoms with van der Waals surface area (Å²) < 4.78 is 2.19. The topological polar surface area (TPSA) is 29.9 Å². The Bertz CT molecular complexity index is 405. The lowest BCUT2D eigenvalue weighted by atomic mass is 10.1. The van der Waals surface area contributed by atoms with Gasteiger partial charge in [-0.15, -0.1) is 6.58 Å². The van der Waals surface area contributed by atoms with E-state index in [9.17, 15) is 0 Å². The maximum atomic E-state index is 4.69. The molecule has 114 valence electrons. The first-order valence-electron chi connectivity index (χ1n) is 7.93. The number of rotatable bonds is 10. The number of unbranched alkanes of at least 4 members (excludes halogenated alkanes) is 3. The molecule has 0 aliphatic heterocycles. The van der Waals surface area contributed by atoms with Crippen LogP contribution in [0, 0.1) is 13.8 Å². The number of aryl methyl sites for hydroxylation is 2. The third-order valence-electron chi connectivity index (χ3n) is 3.74. The summed E-state index contributed by atoms with van der Waals surface area (Å²) in [7, 11) is 0. The molecule has 1 aromatic rings. The van der Waals surface area contributed by atoms with Crippen LogP contribution in [0.15, 0.2) is 12.7 Å². The second-order valence-corrected chi connectivity index (χ2v) is 5.87. The van der Waals surface area contributed by atoms with Crippen LogP contribution in [-0.4, -0.2) is 22.4 Å². The van der Waals surface area contributed by atoms with Crippen molar-refractivity contribution in [1.29, 1.82) is 0 Å². The Morgan fingerprint density at radius 3 is 2.65 bits per heavy atom. The van der Waals surface area contributed by atoms with Gasteiger partial charge in [0.1, 0.15) is 0 Å². The zero-order chi connectivity index (χ0) is 15.0. The van der Waals surface area contributed by atoms with Crippen LogP contribution in [0.1, 0.15) is 56.5 Å². The maximum Gasteiger partial charge on any atom is 0.0628 e. The molecule has 0 saturated carbocycles. The highest BCUT2D eigenvalue weighted by atomic mass is 15.3. The molecule has 0 bridgehead atoms. The van der Waals surface area contributed by atoms with Crippen molar-refractivity contribution in [2.75, 3.05) is 6.54 Å². The number of nitrogens with one attached hydrogen (secondary N) is 1. The summed E-state index contributed by atoms with van der Waals surface area (Å²) in [5, 5.41) is 8.17. The quantitative estimate of drug-likeness (QED) is 0.521. The summed E-state index contributed by atoms with van der Waals surface area (Å²) in [6.07, 6.45) is 7.92. The number of hydrogen-bond donors (Lipinski definition) is 1. The molecule has 0 aliphatic rings. The highest BCUT2D eigenvalue weighted by molar-refractivity contribution is 5.24. The van der Waals surface area contributed by atoms with Crippen molar-refractivity contribution in [3.05, 3.63) is 29.6 Å². The van der Waals surface area contributed by atoms with Crippen LogP contribution in [0.25, 0.3) is 0 Å². The van der Waals surface area contributed by atoms with Crippen LogP contribution in [0.4, 0.5) is 0 Å². The highest BCUT2D eigenvalue weighted by Crippen LogP contribution is 2.14. The fourth-order valence-corrected chi connectivity index (χ4v) is 2.53. The van der Waals surface area contributed by atoms with E-state index in [0.717, 1.165) is 25.9 Å². The van der Waals surface area contributed by atoms with Gasteiger partial charge >= 0.3 is 0 Å². The maximum absolute atomic E-state index is 4.69. The SMILES string of the molecule is C=CCCCCCn1nc(C)c(CCNC(C)C)c1C. The highest BCUT2D eigenvalue weighted by Gasteiger charge is 2.10. The van der Waals surface area contributed by atoms with Crippen LogP contribution in [0.3, 0.4) is 0 Å².